The van der Waals surface area contributed by atoms with Gasteiger partial charge in [-0.25, -0.2) is 9.80 Å². The normalized spacial score (nSPS) is 24.9. The second-order valence-electron chi connectivity index (χ2n) is 9.25. The minimum Gasteiger partial charge on any atom is -0.373 e. The van der Waals surface area contributed by atoms with Gasteiger partial charge < -0.3 is 14.2 Å². The minimum atomic E-state index is -0.0216. The van der Waals surface area contributed by atoms with Crippen LogP contribution in [0.25, 0.3) is 11.3 Å². The fourth-order valence-electron chi connectivity index (χ4n) is 5.09. The molecule has 3 aliphatic rings. The topological polar surface area (TPSA) is 70.8 Å². The predicted octanol–water partition coefficient (Wildman–Crippen LogP) is 5.22. The number of hydrazine groups is 1. The van der Waals surface area contributed by atoms with E-state index in [9.17, 15) is 4.79 Å². The lowest BCUT2D eigenvalue weighted by Crippen LogP contribution is -2.54. The first-order valence-corrected chi connectivity index (χ1v) is 12.0. The highest BCUT2D eigenvalue weighted by Gasteiger charge is 2.44. The number of benzene rings is 1. The molecule has 3 atom stereocenters. The smallest absolute Gasteiger partial charge is 0.332 e. The summed E-state index contributed by atoms with van der Waals surface area (Å²) in [5.41, 5.74) is 5.20. The number of halogens is 2. The molecule has 1 aromatic heterocycles. The summed E-state index contributed by atoms with van der Waals surface area (Å²) in [7, 11) is 3.66. The molecule has 1 aromatic carbocycles. The molecule has 0 radical (unpaired) electrons. The van der Waals surface area contributed by atoms with Gasteiger partial charge in [0.1, 0.15) is 11.5 Å². The van der Waals surface area contributed by atoms with Crippen LogP contribution in [0, 0.1) is 0 Å². The number of urea groups is 1. The van der Waals surface area contributed by atoms with Gasteiger partial charge >= 0.3 is 6.03 Å². The van der Waals surface area contributed by atoms with Crippen molar-refractivity contribution < 1.29 is 14.1 Å². The molecule has 5 rings (SSSR count). The molecule has 0 spiro atoms. The van der Waals surface area contributed by atoms with Gasteiger partial charge in [0.25, 0.3) is 0 Å². The maximum Gasteiger partial charge on any atom is 0.332 e. The maximum atomic E-state index is 12.6. The fraction of sp³-hybridized carbons (Fsp3) is 0.565. The lowest BCUT2D eigenvalue weighted by molar-refractivity contribution is -0.0185. The first kappa shape index (κ1) is 22.0. The predicted molar refractivity (Wildman–Crippen MR) is 123 cm³/mol. The molecule has 1 aliphatic carbocycles. The second kappa shape index (κ2) is 8.86. The van der Waals surface area contributed by atoms with Crippen LogP contribution < -0.4 is 5.43 Å². The van der Waals surface area contributed by atoms with Gasteiger partial charge in [-0.2, -0.15) is 0 Å². The average molecular weight is 479 g/mol. The summed E-state index contributed by atoms with van der Waals surface area (Å²) in [4.78, 5) is 14.6. The molecule has 7 nitrogen and oxygen atoms in total. The van der Waals surface area contributed by atoms with Crippen molar-refractivity contribution in [3.05, 3.63) is 39.6 Å². The van der Waals surface area contributed by atoms with Crippen LogP contribution in [-0.2, 0) is 11.3 Å². The Balaban J connectivity index is 1.32. The van der Waals surface area contributed by atoms with E-state index < -0.39 is 0 Å². The summed E-state index contributed by atoms with van der Waals surface area (Å²) >= 11 is 12.9. The highest BCUT2D eigenvalue weighted by molar-refractivity contribution is 6.39. The Morgan fingerprint density at radius 1 is 1.19 bits per heavy atom. The van der Waals surface area contributed by atoms with Gasteiger partial charge in [-0.1, -0.05) is 34.4 Å². The Hall–Kier alpha value is -1.80. The van der Waals surface area contributed by atoms with Gasteiger partial charge in [-0.3, -0.25) is 5.43 Å². The summed E-state index contributed by atoms with van der Waals surface area (Å²) in [5.74, 6) is 1.28. The molecule has 2 aromatic rings. The molecule has 1 N–H and O–H groups in total. The van der Waals surface area contributed by atoms with E-state index in [0.29, 0.717) is 33.8 Å². The van der Waals surface area contributed by atoms with Crippen molar-refractivity contribution in [2.24, 2.45) is 0 Å². The zero-order valence-electron chi connectivity index (χ0n) is 18.3. The Morgan fingerprint density at radius 2 is 1.84 bits per heavy atom. The number of fused-ring (bicyclic) bond motifs is 2. The van der Waals surface area contributed by atoms with Crippen LogP contribution in [0.4, 0.5) is 4.79 Å². The number of rotatable bonds is 6. The van der Waals surface area contributed by atoms with Crippen molar-refractivity contribution in [1.29, 1.82) is 0 Å². The molecular formula is C23H28Cl2N4O3. The highest BCUT2D eigenvalue weighted by atomic mass is 35.5. The van der Waals surface area contributed by atoms with Crippen molar-refractivity contribution >= 4 is 29.2 Å². The van der Waals surface area contributed by atoms with Crippen molar-refractivity contribution in [2.45, 2.75) is 69.2 Å². The number of hydrogen-bond acceptors (Lipinski definition) is 5. The molecule has 1 unspecified atom stereocenters. The van der Waals surface area contributed by atoms with Crippen molar-refractivity contribution in [1.82, 2.24) is 20.5 Å². The number of nitrogens with one attached hydrogen (secondary N) is 1. The van der Waals surface area contributed by atoms with Crippen LogP contribution in [0.5, 0.6) is 0 Å². The number of carbonyl (C=O) groups is 1. The molecule has 172 valence electrons. The first-order chi connectivity index (χ1) is 15.4. The molecule has 2 aliphatic heterocycles. The van der Waals surface area contributed by atoms with Crippen molar-refractivity contribution in [3.63, 3.8) is 0 Å². The summed E-state index contributed by atoms with van der Waals surface area (Å²) in [6.45, 7) is 0.403. The number of hydrogen-bond donors (Lipinski definition) is 1. The molecule has 32 heavy (non-hydrogen) atoms. The fourth-order valence-corrected chi connectivity index (χ4v) is 5.67. The summed E-state index contributed by atoms with van der Waals surface area (Å²) in [6.07, 6.45) is 6.00. The van der Waals surface area contributed by atoms with Crippen LogP contribution in [0.3, 0.4) is 0 Å². The highest BCUT2D eigenvalue weighted by Crippen LogP contribution is 2.46. The van der Waals surface area contributed by atoms with Crippen molar-refractivity contribution in [2.75, 3.05) is 14.1 Å². The van der Waals surface area contributed by atoms with Crippen LogP contribution in [0.2, 0.25) is 10.0 Å². The van der Waals surface area contributed by atoms with Crippen LogP contribution in [0.1, 0.15) is 55.8 Å². The molecule has 2 bridgehead atoms. The van der Waals surface area contributed by atoms with E-state index in [0.717, 1.165) is 49.8 Å². The first-order valence-electron chi connectivity index (χ1n) is 11.2. The van der Waals surface area contributed by atoms with Gasteiger partial charge in [0.15, 0.2) is 0 Å². The Kier molecular flexibility index (Phi) is 6.09. The van der Waals surface area contributed by atoms with Crippen LogP contribution >= 0.6 is 23.2 Å². The van der Waals surface area contributed by atoms with Gasteiger partial charge in [0, 0.05) is 43.2 Å². The van der Waals surface area contributed by atoms with E-state index in [1.165, 1.54) is 0 Å². The van der Waals surface area contributed by atoms with E-state index in [1.807, 2.05) is 37.2 Å². The quantitative estimate of drug-likeness (QED) is 0.575. The third kappa shape index (κ3) is 4.23. The van der Waals surface area contributed by atoms with Gasteiger partial charge in [-0.05, 0) is 50.7 Å². The molecular weight excluding hydrogens is 451 g/mol. The molecule has 9 heteroatoms. The lowest BCUT2D eigenvalue weighted by Gasteiger charge is -2.39. The van der Waals surface area contributed by atoms with Gasteiger partial charge in [-0.15, -0.1) is 0 Å². The van der Waals surface area contributed by atoms with E-state index >= 15 is 0 Å². The zero-order valence-corrected chi connectivity index (χ0v) is 19.8. The van der Waals surface area contributed by atoms with E-state index in [-0.39, 0.29) is 24.2 Å². The van der Waals surface area contributed by atoms with Crippen LogP contribution in [-0.4, -0.2) is 53.4 Å². The minimum absolute atomic E-state index is 0.0216. The number of amides is 2. The number of aromatic nitrogens is 1. The monoisotopic (exact) mass is 478 g/mol. The SMILES string of the molecule is CN(C)NC(=O)N1[C@@H]2CC[C@H]1CC(OCc1c(-c3c(Cl)cccc3Cl)noc1C1CC1)C2. The summed E-state index contributed by atoms with van der Waals surface area (Å²) < 4.78 is 12.2. The maximum absolute atomic E-state index is 12.6. The van der Waals surface area contributed by atoms with E-state index in [2.05, 4.69) is 10.6 Å². The molecule has 3 fully saturated rings. The molecule has 2 amide bonds. The second-order valence-corrected chi connectivity index (χ2v) is 10.1. The van der Waals surface area contributed by atoms with Crippen molar-refractivity contribution in [3.8, 4) is 11.3 Å². The van der Waals surface area contributed by atoms with Gasteiger partial charge in [0.2, 0.25) is 0 Å². The number of piperidine rings is 1. The molecule has 3 heterocycles. The summed E-state index contributed by atoms with van der Waals surface area (Å²) in [5, 5.41) is 7.14. The van der Waals surface area contributed by atoms with E-state index in [1.54, 1.807) is 5.01 Å². The Morgan fingerprint density at radius 3 is 2.44 bits per heavy atom. The Bertz CT molecular complexity index is 973. The zero-order chi connectivity index (χ0) is 22.4. The third-order valence-electron chi connectivity index (χ3n) is 6.67. The standard InChI is InChI=1S/C23H28Cl2N4O3/c1-28(2)26-23(30)29-14-8-9-15(29)11-16(10-14)31-12-17-21(27-32-22(17)13-6-7-13)20-18(24)4-3-5-19(20)25/h3-5,13-16H,6-12H2,1-2H3,(H,26,30)/t14-,15+,16?. The number of nitrogens with zero attached hydrogens (tertiary/aromatic N) is 3. The number of carbonyl (C=O) groups excluding carboxylic acids is 1. The van der Waals surface area contributed by atoms with E-state index in [4.69, 9.17) is 32.5 Å². The average Bonchev–Trinajstić information content (AvgIpc) is 3.44. The van der Waals surface area contributed by atoms with Crippen LogP contribution in [0.15, 0.2) is 22.7 Å². The van der Waals surface area contributed by atoms with Gasteiger partial charge in [0.05, 0.1) is 22.8 Å². The number of ether oxygens (including phenoxy) is 1. The molecule has 2 saturated heterocycles. The summed E-state index contributed by atoms with van der Waals surface area (Å²) in [6, 6.07) is 5.84. The Labute approximate surface area is 197 Å². The lowest BCUT2D eigenvalue weighted by atomic mass is 9.99. The largest absolute Gasteiger partial charge is 0.373 e. The molecule has 1 saturated carbocycles. The third-order valence-corrected chi connectivity index (χ3v) is 7.30.